The molecule has 2 aromatic heterocycles. The average molecular weight is 777 g/mol. The van der Waals surface area contributed by atoms with Gasteiger partial charge in [0.15, 0.2) is 0 Å². The molecule has 60 heavy (non-hydrogen) atoms. The van der Waals surface area contributed by atoms with E-state index in [-0.39, 0.29) is 0 Å². The molecule has 8 aromatic carbocycles. The minimum atomic E-state index is 0.316. The molecule has 0 aliphatic heterocycles. The molecule has 0 aliphatic rings. The zero-order valence-electron chi connectivity index (χ0n) is 35.1. The predicted molar refractivity (Wildman–Crippen MR) is 256 cm³/mol. The Hall–Kier alpha value is -6.64. The van der Waals surface area contributed by atoms with E-state index in [1.807, 2.05) is 0 Å². The van der Waals surface area contributed by atoms with Gasteiger partial charge in [0.25, 0.3) is 0 Å². The molecule has 0 amide bonds. The third-order valence-corrected chi connectivity index (χ3v) is 13.5. The van der Waals surface area contributed by atoms with Crippen LogP contribution in [0.2, 0.25) is 0 Å². The van der Waals surface area contributed by atoms with Gasteiger partial charge in [-0.3, -0.25) is 0 Å². The molecule has 0 aliphatic carbocycles. The van der Waals surface area contributed by atoms with Crippen molar-refractivity contribution in [3.05, 3.63) is 216 Å². The van der Waals surface area contributed by atoms with Crippen LogP contribution in [-0.4, -0.2) is 9.13 Å². The van der Waals surface area contributed by atoms with Crippen LogP contribution in [0.15, 0.2) is 194 Å². The molecule has 2 heterocycles. The van der Waals surface area contributed by atoms with E-state index < -0.39 is 0 Å². The molecular weight excluding hydrogens is 725 g/mol. The van der Waals surface area contributed by atoms with Gasteiger partial charge < -0.3 is 9.13 Å². The van der Waals surface area contributed by atoms with Crippen LogP contribution < -0.4 is 0 Å². The van der Waals surface area contributed by atoms with Crippen LogP contribution in [0.5, 0.6) is 0 Å². The highest BCUT2D eigenvalue weighted by atomic mass is 15.0. The van der Waals surface area contributed by atoms with Crippen molar-refractivity contribution in [2.45, 2.75) is 52.4 Å². The van der Waals surface area contributed by atoms with Gasteiger partial charge >= 0.3 is 0 Å². The van der Waals surface area contributed by atoms with Crippen LogP contribution in [-0.2, 0) is 0 Å². The van der Waals surface area contributed by atoms with Crippen molar-refractivity contribution in [3.8, 4) is 22.5 Å². The van der Waals surface area contributed by atoms with E-state index in [1.165, 1.54) is 88.4 Å². The molecule has 4 atom stereocenters. The standard InChI is InChI=1S/C58H52N2/c1-5-39(3)57(45-31-35-47(36-32-45)59-53-19-11-7-15-49(53)50-16-8-12-20-54(50)59)43-27-23-41(24-28-43)42-25-29-44(30-26-42)58(40(4)6-2)46-33-37-48(38-34-46)60-55-21-13-9-17-51(55)52-18-10-14-22-56(52)60/h7-40,57-58H,5-6H2,1-4H3/t39-,40-,57?,58?/m0/s1. The van der Waals surface area contributed by atoms with Crippen LogP contribution >= 0.6 is 0 Å². The molecule has 2 heteroatoms. The molecule has 0 saturated carbocycles. The molecule has 0 fully saturated rings. The number of fused-ring (bicyclic) bond motifs is 6. The summed E-state index contributed by atoms with van der Waals surface area (Å²) in [5, 5.41) is 5.17. The Kier molecular flexibility index (Phi) is 9.94. The molecule has 2 unspecified atom stereocenters. The predicted octanol–water partition coefficient (Wildman–Crippen LogP) is 15.9. The Morgan fingerprint density at radius 2 is 0.567 bits per heavy atom. The van der Waals surface area contributed by atoms with Crippen LogP contribution in [0, 0.1) is 11.8 Å². The van der Waals surface area contributed by atoms with Crippen LogP contribution in [0.3, 0.4) is 0 Å². The second-order valence-corrected chi connectivity index (χ2v) is 16.9. The maximum absolute atomic E-state index is 2.40. The number of rotatable bonds is 11. The van der Waals surface area contributed by atoms with E-state index in [1.54, 1.807) is 0 Å². The maximum Gasteiger partial charge on any atom is 0.0541 e. The van der Waals surface area contributed by atoms with E-state index in [0.717, 1.165) is 12.8 Å². The lowest BCUT2D eigenvalue weighted by molar-refractivity contribution is 0.496. The topological polar surface area (TPSA) is 9.86 Å². The molecule has 2 nitrogen and oxygen atoms in total. The van der Waals surface area contributed by atoms with Crippen molar-refractivity contribution in [1.29, 1.82) is 0 Å². The first kappa shape index (κ1) is 37.6. The quantitative estimate of drug-likeness (QED) is 0.124. The highest BCUT2D eigenvalue weighted by Crippen LogP contribution is 2.39. The Balaban J connectivity index is 0.910. The summed E-state index contributed by atoms with van der Waals surface area (Å²) < 4.78 is 4.81. The summed E-state index contributed by atoms with van der Waals surface area (Å²) in [6.07, 6.45) is 2.23. The van der Waals surface area contributed by atoms with Gasteiger partial charge in [-0.05, 0) is 93.7 Å². The lowest BCUT2D eigenvalue weighted by Gasteiger charge is -2.25. The number of nitrogens with zero attached hydrogens (tertiary/aromatic N) is 2. The van der Waals surface area contributed by atoms with Gasteiger partial charge in [-0.2, -0.15) is 0 Å². The zero-order valence-corrected chi connectivity index (χ0v) is 35.1. The lowest BCUT2D eigenvalue weighted by atomic mass is 9.79. The minimum absolute atomic E-state index is 0.316. The Bertz CT molecular complexity index is 2750. The molecule has 0 N–H and O–H groups in total. The van der Waals surface area contributed by atoms with Crippen LogP contribution in [0.4, 0.5) is 0 Å². The lowest BCUT2D eigenvalue weighted by Crippen LogP contribution is -2.11. The van der Waals surface area contributed by atoms with E-state index >= 15 is 0 Å². The highest BCUT2D eigenvalue weighted by molar-refractivity contribution is 6.10. The summed E-state index contributed by atoms with van der Waals surface area (Å²) >= 11 is 0. The molecule has 0 radical (unpaired) electrons. The first-order valence-electron chi connectivity index (χ1n) is 21.9. The largest absolute Gasteiger partial charge is 0.309 e. The van der Waals surface area contributed by atoms with Gasteiger partial charge in [-0.25, -0.2) is 0 Å². The van der Waals surface area contributed by atoms with Gasteiger partial charge in [0.05, 0.1) is 22.1 Å². The molecule has 0 saturated heterocycles. The van der Waals surface area contributed by atoms with Crippen molar-refractivity contribution < 1.29 is 0 Å². The third-order valence-electron chi connectivity index (χ3n) is 13.5. The summed E-state index contributed by atoms with van der Waals surface area (Å²) in [5.74, 6) is 1.64. The summed E-state index contributed by atoms with van der Waals surface area (Å²) in [6, 6.07) is 72.4. The van der Waals surface area contributed by atoms with Crippen LogP contribution in [0.1, 0.15) is 74.6 Å². The van der Waals surface area contributed by atoms with Crippen LogP contribution in [0.25, 0.3) is 66.1 Å². The smallest absolute Gasteiger partial charge is 0.0541 e. The monoisotopic (exact) mass is 776 g/mol. The molecular formula is C58H52N2. The van der Waals surface area contributed by atoms with Crippen molar-refractivity contribution in [2.75, 3.05) is 0 Å². The number of hydrogen-bond donors (Lipinski definition) is 0. The summed E-state index contributed by atoms with van der Waals surface area (Å²) in [6.45, 7) is 9.41. The second kappa shape index (κ2) is 15.8. The normalized spacial score (nSPS) is 13.9. The van der Waals surface area contributed by atoms with Gasteiger partial charge in [0.1, 0.15) is 0 Å². The van der Waals surface area contributed by atoms with Gasteiger partial charge in [0.2, 0.25) is 0 Å². The first-order chi connectivity index (χ1) is 29.5. The first-order valence-corrected chi connectivity index (χ1v) is 21.9. The number of benzene rings is 8. The van der Waals surface area contributed by atoms with Crippen molar-refractivity contribution in [2.24, 2.45) is 11.8 Å². The van der Waals surface area contributed by atoms with Gasteiger partial charge in [-0.15, -0.1) is 0 Å². The van der Waals surface area contributed by atoms with Gasteiger partial charge in [-0.1, -0.05) is 186 Å². The zero-order chi connectivity index (χ0) is 40.7. The fraction of sp³-hybridized carbons (Fsp3) is 0.172. The SMILES string of the molecule is CC[C@H](C)C(c1ccc(-c2ccc(C(c3ccc(-n4c5ccccc5c5ccccc54)cc3)[C@@H](C)CC)cc2)cc1)c1ccc(-n2c3ccccc3c3ccccc32)cc1. The Morgan fingerprint density at radius 1 is 0.317 bits per heavy atom. The maximum atomic E-state index is 2.40. The highest BCUT2D eigenvalue weighted by Gasteiger charge is 2.23. The second-order valence-electron chi connectivity index (χ2n) is 16.9. The van der Waals surface area contributed by atoms with E-state index in [2.05, 4.69) is 231 Å². The third kappa shape index (κ3) is 6.52. The van der Waals surface area contributed by atoms with E-state index in [0.29, 0.717) is 23.7 Å². The van der Waals surface area contributed by atoms with Crippen molar-refractivity contribution in [3.63, 3.8) is 0 Å². The average Bonchev–Trinajstić information content (AvgIpc) is 3.83. The Morgan fingerprint density at radius 3 is 0.833 bits per heavy atom. The number of para-hydroxylation sites is 4. The minimum Gasteiger partial charge on any atom is -0.309 e. The summed E-state index contributed by atoms with van der Waals surface area (Å²) in [4.78, 5) is 0. The fourth-order valence-corrected chi connectivity index (χ4v) is 10.00. The van der Waals surface area contributed by atoms with E-state index in [4.69, 9.17) is 0 Å². The summed E-state index contributed by atoms with van der Waals surface area (Å²) in [5.41, 5.74) is 15.4. The number of aromatic nitrogens is 2. The fourth-order valence-electron chi connectivity index (χ4n) is 10.00. The number of hydrogen-bond acceptors (Lipinski definition) is 0. The Labute approximate surface area is 354 Å². The van der Waals surface area contributed by atoms with E-state index in [9.17, 15) is 0 Å². The van der Waals surface area contributed by atoms with Crippen molar-refractivity contribution >= 4 is 43.6 Å². The summed E-state index contributed by atoms with van der Waals surface area (Å²) in [7, 11) is 0. The molecule has 10 rings (SSSR count). The van der Waals surface area contributed by atoms with Gasteiger partial charge in [0, 0.05) is 44.8 Å². The van der Waals surface area contributed by atoms with Crippen molar-refractivity contribution in [1.82, 2.24) is 9.13 Å². The molecule has 294 valence electrons. The molecule has 0 spiro atoms. The molecule has 10 aromatic rings. The molecule has 0 bridgehead atoms.